The van der Waals surface area contributed by atoms with E-state index in [9.17, 15) is 9.18 Å². The van der Waals surface area contributed by atoms with Crippen LogP contribution in [0.4, 0.5) is 10.1 Å². The molecule has 1 aliphatic carbocycles. The van der Waals surface area contributed by atoms with Crippen LogP contribution in [0.15, 0.2) is 64.6 Å². The minimum atomic E-state index is -0.392. The second-order valence-corrected chi connectivity index (χ2v) is 6.50. The fourth-order valence-corrected chi connectivity index (χ4v) is 3.18. The SMILES string of the molecule is COC1=CC=C(OC)C2C=C(CCNC(=S)Nc3ccccc3F)C(=O)N=C12. The molecule has 28 heavy (non-hydrogen) atoms. The number of carbonyl (C=O) groups is 1. The Morgan fingerprint density at radius 2 is 2.04 bits per heavy atom. The van der Waals surface area contributed by atoms with Crippen molar-refractivity contribution in [2.75, 3.05) is 26.1 Å². The van der Waals surface area contributed by atoms with Gasteiger partial charge in [0.2, 0.25) is 0 Å². The number of ether oxygens (including phenoxy) is 2. The molecule has 1 atom stereocenters. The third kappa shape index (κ3) is 4.28. The monoisotopic (exact) mass is 401 g/mol. The maximum Gasteiger partial charge on any atom is 0.273 e. The van der Waals surface area contributed by atoms with E-state index in [0.29, 0.717) is 35.8 Å². The van der Waals surface area contributed by atoms with Crippen LogP contribution in [0.25, 0.3) is 0 Å². The standard InChI is InChI=1S/C20H20FN3O3S/c1-26-16-7-8-17(27-2)18-13(16)11-12(19(25)24-18)9-10-22-20(28)23-15-6-4-3-5-14(15)21/h3-8,11,13H,9-10H2,1-2H3,(H2,22,23,28). The van der Waals surface area contributed by atoms with Crippen molar-refractivity contribution in [1.82, 2.24) is 5.32 Å². The number of fused-ring (bicyclic) bond motifs is 1. The molecule has 3 rings (SSSR count). The number of methoxy groups -OCH3 is 2. The summed E-state index contributed by atoms with van der Waals surface area (Å²) in [6.07, 6.45) is 5.78. The molecule has 2 N–H and O–H groups in total. The summed E-state index contributed by atoms with van der Waals surface area (Å²) >= 11 is 5.18. The number of allylic oxidation sites excluding steroid dienone is 4. The molecule has 0 radical (unpaired) electrons. The maximum atomic E-state index is 13.7. The average molecular weight is 401 g/mol. The molecular formula is C20H20FN3O3S. The Labute approximate surface area is 167 Å². The minimum absolute atomic E-state index is 0.263. The normalized spacial score (nSPS) is 18.1. The largest absolute Gasteiger partial charge is 0.500 e. The summed E-state index contributed by atoms with van der Waals surface area (Å²) in [5.41, 5.74) is 1.38. The van der Waals surface area contributed by atoms with Crippen LogP contribution in [0.3, 0.4) is 0 Å². The highest BCUT2D eigenvalue weighted by molar-refractivity contribution is 7.80. The molecule has 0 spiro atoms. The molecule has 1 aromatic rings. The van der Waals surface area contributed by atoms with Crippen molar-refractivity contribution in [3.63, 3.8) is 0 Å². The van der Waals surface area contributed by atoms with E-state index in [1.807, 2.05) is 6.08 Å². The van der Waals surface area contributed by atoms with Gasteiger partial charge in [0.1, 0.15) is 23.0 Å². The van der Waals surface area contributed by atoms with Gasteiger partial charge in [-0.1, -0.05) is 18.2 Å². The Bertz CT molecular complexity index is 921. The molecule has 0 bridgehead atoms. The Morgan fingerprint density at radius 3 is 2.75 bits per heavy atom. The van der Waals surface area contributed by atoms with E-state index in [1.54, 1.807) is 37.5 Å². The number of nitrogens with zero attached hydrogens (tertiary/aromatic N) is 1. The zero-order valence-corrected chi connectivity index (χ0v) is 16.3. The number of amides is 1. The van der Waals surface area contributed by atoms with Crippen LogP contribution in [0.5, 0.6) is 0 Å². The Morgan fingerprint density at radius 1 is 1.25 bits per heavy atom. The third-order valence-electron chi connectivity index (χ3n) is 4.37. The molecule has 1 unspecified atom stereocenters. The van der Waals surface area contributed by atoms with Crippen molar-refractivity contribution in [2.45, 2.75) is 6.42 Å². The molecule has 1 heterocycles. The third-order valence-corrected chi connectivity index (χ3v) is 4.62. The number of dihydropyridines is 1. The van der Waals surface area contributed by atoms with Crippen LogP contribution in [-0.2, 0) is 14.3 Å². The topological polar surface area (TPSA) is 72.0 Å². The predicted molar refractivity (Wildman–Crippen MR) is 109 cm³/mol. The molecule has 0 saturated carbocycles. The smallest absolute Gasteiger partial charge is 0.273 e. The average Bonchev–Trinajstić information content (AvgIpc) is 2.69. The zero-order valence-electron chi connectivity index (χ0n) is 15.5. The number of hydrogen-bond donors (Lipinski definition) is 2. The molecule has 6 nitrogen and oxygen atoms in total. The second-order valence-electron chi connectivity index (χ2n) is 6.09. The number of benzene rings is 1. The van der Waals surface area contributed by atoms with Gasteiger partial charge < -0.3 is 20.1 Å². The summed E-state index contributed by atoms with van der Waals surface area (Å²) in [6, 6.07) is 6.25. The number of para-hydroxylation sites is 1. The zero-order chi connectivity index (χ0) is 20.1. The van der Waals surface area contributed by atoms with E-state index in [-0.39, 0.29) is 22.6 Å². The van der Waals surface area contributed by atoms with Gasteiger partial charge in [-0.05, 0) is 42.9 Å². The number of nitrogens with one attached hydrogen (secondary N) is 2. The highest BCUT2D eigenvalue weighted by Crippen LogP contribution is 2.30. The lowest BCUT2D eigenvalue weighted by Crippen LogP contribution is -2.32. The Hall–Kier alpha value is -3.00. The number of carbonyl (C=O) groups excluding carboxylic acids is 1. The number of halogens is 1. The lowest BCUT2D eigenvalue weighted by Gasteiger charge is -2.26. The number of hydrogen-bond acceptors (Lipinski definition) is 4. The van der Waals surface area contributed by atoms with Crippen molar-refractivity contribution in [1.29, 1.82) is 0 Å². The van der Waals surface area contributed by atoms with Gasteiger partial charge in [-0.2, -0.15) is 0 Å². The molecule has 1 aliphatic heterocycles. The maximum absolute atomic E-state index is 13.7. The van der Waals surface area contributed by atoms with E-state index in [1.165, 1.54) is 13.2 Å². The second kappa shape index (κ2) is 8.79. The molecule has 0 aromatic heterocycles. The van der Waals surface area contributed by atoms with E-state index in [0.717, 1.165) is 0 Å². The van der Waals surface area contributed by atoms with Crippen LogP contribution in [0.1, 0.15) is 6.42 Å². The van der Waals surface area contributed by atoms with E-state index < -0.39 is 5.82 Å². The van der Waals surface area contributed by atoms with Crippen LogP contribution < -0.4 is 10.6 Å². The van der Waals surface area contributed by atoms with Crippen molar-refractivity contribution in [3.8, 4) is 0 Å². The van der Waals surface area contributed by atoms with Crippen molar-refractivity contribution in [2.24, 2.45) is 10.9 Å². The van der Waals surface area contributed by atoms with Crippen molar-refractivity contribution < 1.29 is 18.7 Å². The molecular weight excluding hydrogens is 381 g/mol. The first kappa shape index (κ1) is 19.8. The Kier molecular flexibility index (Phi) is 6.20. The molecule has 1 aromatic carbocycles. The first-order chi connectivity index (χ1) is 13.5. The molecule has 0 fully saturated rings. The molecule has 8 heteroatoms. The van der Waals surface area contributed by atoms with E-state index in [2.05, 4.69) is 15.6 Å². The summed E-state index contributed by atoms with van der Waals surface area (Å²) in [4.78, 5) is 16.6. The highest BCUT2D eigenvalue weighted by atomic mass is 32.1. The van der Waals surface area contributed by atoms with Crippen LogP contribution >= 0.6 is 12.2 Å². The number of rotatable bonds is 6. The Balaban J connectivity index is 1.61. The van der Waals surface area contributed by atoms with Crippen LogP contribution in [0.2, 0.25) is 0 Å². The molecule has 0 saturated heterocycles. The van der Waals surface area contributed by atoms with Gasteiger partial charge in [-0.15, -0.1) is 0 Å². The molecule has 1 amide bonds. The number of anilines is 1. The van der Waals surface area contributed by atoms with Gasteiger partial charge in [0.25, 0.3) is 5.91 Å². The fraction of sp³-hybridized carbons (Fsp3) is 0.250. The van der Waals surface area contributed by atoms with E-state index >= 15 is 0 Å². The molecule has 146 valence electrons. The van der Waals surface area contributed by atoms with Gasteiger partial charge in [0, 0.05) is 12.1 Å². The number of thiocarbonyl (C=S) groups is 1. The van der Waals surface area contributed by atoms with Gasteiger partial charge in [0.05, 0.1) is 25.8 Å². The summed E-state index contributed by atoms with van der Waals surface area (Å²) in [7, 11) is 3.11. The van der Waals surface area contributed by atoms with Crippen LogP contribution in [-0.4, -0.2) is 37.5 Å². The number of aliphatic imine (C=N–C) groups is 1. The van der Waals surface area contributed by atoms with Gasteiger partial charge in [-0.25, -0.2) is 9.38 Å². The van der Waals surface area contributed by atoms with Gasteiger partial charge >= 0.3 is 0 Å². The lowest BCUT2D eigenvalue weighted by atomic mass is 9.89. The first-order valence-corrected chi connectivity index (χ1v) is 9.07. The minimum Gasteiger partial charge on any atom is -0.500 e. The lowest BCUT2D eigenvalue weighted by molar-refractivity contribution is -0.114. The summed E-state index contributed by atoms with van der Waals surface area (Å²) in [5.74, 6) is 0.261. The molecule has 2 aliphatic rings. The van der Waals surface area contributed by atoms with Gasteiger partial charge in [0.15, 0.2) is 5.11 Å². The summed E-state index contributed by atoms with van der Waals surface area (Å²) in [6.45, 7) is 0.397. The van der Waals surface area contributed by atoms with E-state index in [4.69, 9.17) is 21.7 Å². The van der Waals surface area contributed by atoms with Crippen molar-refractivity contribution >= 4 is 34.6 Å². The van der Waals surface area contributed by atoms with Crippen LogP contribution in [0, 0.1) is 11.7 Å². The predicted octanol–water partition coefficient (Wildman–Crippen LogP) is 3.10. The first-order valence-electron chi connectivity index (χ1n) is 8.66. The summed E-state index contributed by atoms with van der Waals surface area (Å²) in [5, 5.41) is 6.04. The quantitative estimate of drug-likeness (QED) is 0.714. The van der Waals surface area contributed by atoms with Crippen molar-refractivity contribution in [3.05, 3.63) is 65.4 Å². The summed E-state index contributed by atoms with van der Waals surface area (Å²) < 4.78 is 24.3. The van der Waals surface area contributed by atoms with Gasteiger partial charge in [-0.3, -0.25) is 4.79 Å². The highest BCUT2D eigenvalue weighted by Gasteiger charge is 2.32. The fourth-order valence-electron chi connectivity index (χ4n) is 2.97.